The number of fused-ring (bicyclic) bond motifs is 2. The number of carbonyl (C=O) groups excluding carboxylic acids is 1. The highest BCUT2D eigenvalue weighted by Crippen LogP contribution is 2.56. The number of amides is 2. The molecular formula is C32H37N2O7PS. The van der Waals surface area contributed by atoms with Gasteiger partial charge in [-0.1, -0.05) is 66.7 Å². The van der Waals surface area contributed by atoms with Gasteiger partial charge >= 0.3 is 6.03 Å². The summed E-state index contributed by atoms with van der Waals surface area (Å²) < 4.78 is 46.6. The van der Waals surface area contributed by atoms with Crippen LogP contribution in [0.2, 0.25) is 0 Å². The molecule has 9 nitrogen and oxygen atoms in total. The molecule has 2 atom stereocenters. The van der Waals surface area contributed by atoms with E-state index in [0.717, 1.165) is 5.57 Å². The molecule has 0 unspecified atom stereocenters. The minimum atomic E-state index is -5.00. The number of ether oxygens (including phenoxy) is 2. The second kappa shape index (κ2) is 14.9. The summed E-state index contributed by atoms with van der Waals surface area (Å²) in [4.78, 5) is 13.6. The summed E-state index contributed by atoms with van der Waals surface area (Å²) in [5, 5.41) is 4.78. The molecule has 0 radical (unpaired) electrons. The Morgan fingerprint density at radius 2 is 1.40 bits per heavy atom. The fourth-order valence-electron chi connectivity index (χ4n) is 5.49. The Morgan fingerprint density at radius 3 is 1.81 bits per heavy atom. The first-order chi connectivity index (χ1) is 20.7. The third kappa shape index (κ3) is 7.59. The van der Waals surface area contributed by atoms with Gasteiger partial charge in [0.15, 0.2) is 0 Å². The smallest absolute Gasteiger partial charge is 0.346 e. The zero-order valence-electron chi connectivity index (χ0n) is 24.5. The Balaban J connectivity index is 0.000000197. The predicted octanol–water partition coefficient (Wildman–Crippen LogP) is 3.99. The zero-order valence-corrected chi connectivity index (χ0v) is 26.2. The maximum absolute atomic E-state index is 12.2. The van der Waals surface area contributed by atoms with E-state index in [9.17, 15) is 17.8 Å². The Kier molecular flexibility index (Phi) is 11.3. The average molecular weight is 625 g/mol. The standard InChI is InChI=1S/C21H20P.C11H18N2O7S/c1-2-18-22(19-12-6-3-7-13-19,20-14-8-4-9-15-20)21-16-10-5-11-17-21;1-18-4-3-8-5-9-6-12(10(8)7-19-2)11(14)13(9)20-21(15,16)17/h2-18H,1H3;5,9-10H,3-4,6-7H2,1-2H3,(H,15,16,17)/q+1;/p-1/b18-2+;/t;9-,10-/m.1/s1. The van der Waals surface area contributed by atoms with Crippen LogP contribution in [-0.4, -0.2) is 75.0 Å². The average Bonchev–Trinajstić information content (AvgIpc) is 3.26. The van der Waals surface area contributed by atoms with Crippen molar-refractivity contribution in [2.45, 2.75) is 25.4 Å². The van der Waals surface area contributed by atoms with E-state index in [0.29, 0.717) is 18.1 Å². The number of urea groups is 1. The lowest BCUT2D eigenvalue weighted by molar-refractivity contribution is -0.0199. The van der Waals surface area contributed by atoms with Crippen LogP contribution in [0.4, 0.5) is 4.79 Å². The van der Waals surface area contributed by atoms with E-state index in [1.807, 2.05) is 0 Å². The van der Waals surface area contributed by atoms with Gasteiger partial charge in [-0.05, 0) is 55.3 Å². The molecule has 11 heteroatoms. The number of methoxy groups -OCH3 is 2. The van der Waals surface area contributed by atoms with Gasteiger partial charge in [0.25, 0.3) is 0 Å². The first-order valence-electron chi connectivity index (χ1n) is 13.9. The Morgan fingerprint density at radius 1 is 0.884 bits per heavy atom. The molecule has 0 N–H and O–H groups in total. The van der Waals surface area contributed by atoms with Crippen molar-refractivity contribution >= 4 is 39.6 Å². The van der Waals surface area contributed by atoms with Crippen molar-refractivity contribution in [2.75, 3.05) is 34.0 Å². The molecule has 5 rings (SSSR count). The van der Waals surface area contributed by atoms with Crippen molar-refractivity contribution in [3.05, 3.63) is 115 Å². The lowest BCUT2D eigenvalue weighted by Crippen LogP contribution is -2.43. The molecular weight excluding hydrogens is 587 g/mol. The van der Waals surface area contributed by atoms with Gasteiger partial charge in [0.05, 0.1) is 24.5 Å². The van der Waals surface area contributed by atoms with Crippen molar-refractivity contribution in [1.29, 1.82) is 0 Å². The van der Waals surface area contributed by atoms with Crippen LogP contribution in [0.25, 0.3) is 0 Å². The van der Waals surface area contributed by atoms with Crippen LogP contribution < -0.4 is 15.9 Å². The number of nitrogens with zero attached hydrogens (tertiary/aromatic N) is 2. The second-order valence-corrected chi connectivity index (χ2v) is 14.2. The topological polar surface area (TPSA) is 108 Å². The molecule has 2 amide bonds. The quantitative estimate of drug-likeness (QED) is 0.137. The number of benzene rings is 3. The van der Waals surface area contributed by atoms with Crippen LogP contribution in [0, 0.1) is 0 Å². The molecule has 3 aromatic carbocycles. The lowest BCUT2D eigenvalue weighted by atomic mass is 9.97. The van der Waals surface area contributed by atoms with Crippen LogP contribution in [0.1, 0.15) is 13.3 Å². The van der Waals surface area contributed by atoms with E-state index in [2.05, 4.69) is 114 Å². The SMILES string of the molecule is C/C=C/[P+](c1ccccc1)(c1ccccc1)c1ccccc1.COCCC1=C[C@@H]2CN(C(=O)N2OS(=O)(=O)[O-])[C@@H]1COC. The number of hydrogen-bond donors (Lipinski definition) is 0. The molecule has 43 heavy (non-hydrogen) atoms. The van der Waals surface area contributed by atoms with Gasteiger partial charge in [0, 0.05) is 27.4 Å². The second-order valence-electron chi connectivity index (χ2n) is 9.98. The molecule has 1 saturated heterocycles. The largest absolute Gasteiger partial charge is 0.724 e. The predicted molar refractivity (Wildman–Crippen MR) is 169 cm³/mol. The van der Waals surface area contributed by atoms with E-state index in [1.54, 1.807) is 13.2 Å². The van der Waals surface area contributed by atoms with Crippen molar-refractivity contribution in [2.24, 2.45) is 0 Å². The van der Waals surface area contributed by atoms with Crippen molar-refractivity contribution < 1.29 is 31.5 Å². The van der Waals surface area contributed by atoms with Gasteiger partial charge in [-0.2, -0.15) is 9.35 Å². The van der Waals surface area contributed by atoms with E-state index in [1.165, 1.54) is 27.9 Å². The Labute approximate surface area is 254 Å². The fraction of sp³-hybridized carbons (Fsp3) is 0.281. The summed E-state index contributed by atoms with van der Waals surface area (Å²) in [6.07, 6.45) is 4.50. The van der Waals surface area contributed by atoms with Crippen molar-refractivity contribution in [3.8, 4) is 0 Å². The molecule has 3 aromatic rings. The maximum atomic E-state index is 12.2. The third-order valence-corrected chi connectivity index (χ3v) is 11.7. The number of carbonyl (C=O) groups is 1. The van der Waals surface area contributed by atoms with Gasteiger partial charge in [0.1, 0.15) is 23.2 Å². The number of hydrogen-bond acceptors (Lipinski definition) is 7. The summed E-state index contributed by atoms with van der Waals surface area (Å²) in [7, 11) is -3.66. The van der Waals surface area contributed by atoms with Crippen molar-refractivity contribution in [1.82, 2.24) is 9.96 Å². The highest BCUT2D eigenvalue weighted by atomic mass is 32.3. The van der Waals surface area contributed by atoms with Gasteiger partial charge in [-0.25, -0.2) is 13.2 Å². The van der Waals surface area contributed by atoms with Crippen LogP contribution in [0.15, 0.2) is 115 Å². The lowest BCUT2D eigenvalue weighted by Gasteiger charge is -2.31. The minimum absolute atomic E-state index is 0.249. The Hall–Kier alpha value is -3.37. The summed E-state index contributed by atoms with van der Waals surface area (Å²) in [6, 6.07) is 31.0. The highest BCUT2D eigenvalue weighted by molar-refractivity contribution is 7.98. The normalized spacial score (nSPS) is 18.4. The number of allylic oxidation sites excluding steroid dienone is 1. The van der Waals surface area contributed by atoms with E-state index in [4.69, 9.17) is 9.47 Å². The van der Waals surface area contributed by atoms with Gasteiger partial charge < -0.3 is 18.9 Å². The van der Waals surface area contributed by atoms with Crippen LogP contribution in [0.3, 0.4) is 0 Å². The number of hydroxylamine groups is 2. The molecule has 2 aliphatic rings. The van der Waals surface area contributed by atoms with Gasteiger partial charge in [-0.3, -0.25) is 0 Å². The van der Waals surface area contributed by atoms with Gasteiger partial charge in [-0.15, -0.1) is 0 Å². The van der Waals surface area contributed by atoms with E-state index in [-0.39, 0.29) is 19.2 Å². The highest BCUT2D eigenvalue weighted by Gasteiger charge is 2.46. The molecule has 2 bridgehead atoms. The van der Waals surface area contributed by atoms with E-state index >= 15 is 0 Å². The summed E-state index contributed by atoms with van der Waals surface area (Å²) in [5.41, 5.74) is 0.887. The maximum Gasteiger partial charge on any atom is 0.346 e. The molecule has 0 spiro atoms. The van der Waals surface area contributed by atoms with Crippen LogP contribution >= 0.6 is 7.26 Å². The molecule has 0 saturated carbocycles. The molecule has 2 heterocycles. The third-order valence-electron chi connectivity index (χ3n) is 7.28. The van der Waals surface area contributed by atoms with Gasteiger partial charge in [0.2, 0.25) is 10.4 Å². The summed E-state index contributed by atoms with van der Waals surface area (Å²) in [5.74, 6) is 2.41. The number of rotatable bonds is 11. The molecule has 0 aliphatic carbocycles. The zero-order chi connectivity index (χ0) is 30.9. The minimum Gasteiger partial charge on any atom is -0.724 e. The Bertz CT molecular complexity index is 1410. The molecule has 228 valence electrons. The van der Waals surface area contributed by atoms with Crippen molar-refractivity contribution in [3.63, 3.8) is 0 Å². The fourth-order valence-corrected chi connectivity index (χ4v) is 9.65. The first kappa shape index (κ1) is 32.5. The first-order valence-corrected chi connectivity index (χ1v) is 17.1. The summed E-state index contributed by atoms with van der Waals surface area (Å²) in [6.45, 7) is 3.09. The monoisotopic (exact) mass is 624 g/mol. The molecule has 2 aliphatic heterocycles. The summed E-state index contributed by atoms with van der Waals surface area (Å²) >= 11 is 0. The van der Waals surface area contributed by atoms with Crippen LogP contribution in [0.5, 0.6) is 0 Å². The van der Waals surface area contributed by atoms with Crippen LogP contribution in [-0.2, 0) is 24.2 Å². The molecule has 1 fully saturated rings. The van der Waals surface area contributed by atoms with E-state index < -0.39 is 29.7 Å². The molecule has 0 aromatic heterocycles.